The second-order valence-corrected chi connectivity index (χ2v) is 7.46. The van der Waals surface area contributed by atoms with Gasteiger partial charge in [-0.05, 0) is 46.3 Å². The minimum absolute atomic E-state index is 0.105. The van der Waals surface area contributed by atoms with Gasteiger partial charge in [0.2, 0.25) is 0 Å². The zero-order valence-corrected chi connectivity index (χ0v) is 18.1. The Kier molecular flexibility index (Phi) is 6.67. The Morgan fingerprint density at radius 2 is 1.88 bits per heavy atom. The van der Waals surface area contributed by atoms with Gasteiger partial charge in [-0.25, -0.2) is 0 Å². The summed E-state index contributed by atoms with van der Waals surface area (Å²) in [6.45, 7) is 0. The first-order valence-corrected chi connectivity index (χ1v) is 9.78. The molecule has 1 aromatic heterocycles. The molecular formula is C20H10BrClN4O6. The van der Waals surface area contributed by atoms with Crippen molar-refractivity contribution >= 4 is 56.6 Å². The molecule has 0 atom stereocenters. The van der Waals surface area contributed by atoms with Crippen molar-refractivity contribution in [3.05, 3.63) is 89.6 Å². The first-order chi connectivity index (χ1) is 15.2. The van der Waals surface area contributed by atoms with Crippen LogP contribution in [0.25, 0.3) is 17.4 Å². The quantitative estimate of drug-likeness (QED) is 0.190. The standard InChI is InChI=1S/C20H10BrClN4O6/c21-16-9-13(25(28)29)2-4-15(16)19-6-3-14(32-19)7-11(10-23)20(27)24-17-5-1-12(22)8-18(17)26(30)31/h1-9H,(H,24,27). The van der Waals surface area contributed by atoms with E-state index in [1.807, 2.05) is 0 Å². The number of rotatable bonds is 6. The predicted molar refractivity (Wildman–Crippen MR) is 119 cm³/mol. The number of nitro groups is 2. The molecule has 1 amide bonds. The molecule has 0 spiro atoms. The molecule has 10 nitrogen and oxygen atoms in total. The Morgan fingerprint density at radius 3 is 2.50 bits per heavy atom. The first-order valence-electron chi connectivity index (χ1n) is 8.61. The molecule has 2 aromatic carbocycles. The van der Waals surface area contributed by atoms with Crippen LogP contribution in [0, 0.1) is 31.6 Å². The summed E-state index contributed by atoms with van der Waals surface area (Å²) in [7, 11) is 0. The molecular weight excluding hydrogens is 508 g/mol. The van der Waals surface area contributed by atoms with Gasteiger partial charge in [0.25, 0.3) is 17.3 Å². The van der Waals surface area contributed by atoms with Gasteiger partial charge in [-0.3, -0.25) is 25.0 Å². The smallest absolute Gasteiger partial charge is 0.294 e. The van der Waals surface area contributed by atoms with E-state index in [0.29, 0.717) is 15.8 Å². The topological polar surface area (TPSA) is 152 Å². The number of nitriles is 1. The third kappa shape index (κ3) is 5.00. The fourth-order valence-electron chi connectivity index (χ4n) is 2.63. The maximum Gasteiger partial charge on any atom is 0.294 e. The monoisotopic (exact) mass is 516 g/mol. The fourth-order valence-corrected chi connectivity index (χ4v) is 3.36. The van der Waals surface area contributed by atoms with Crippen LogP contribution in [0.3, 0.4) is 0 Å². The average molecular weight is 518 g/mol. The summed E-state index contributed by atoms with van der Waals surface area (Å²) in [5, 5.41) is 33.8. The number of benzene rings is 2. The number of hydrogen-bond acceptors (Lipinski definition) is 7. The SMILES string of the molecule is N#CC(=Cc1ccc(-c2ccc([N+](=O)[O-])cc2Br)o1)C(=O)Nc1ccc(Cl)cc1[N+](=O)[O-]. The van der Waals surface area contributed by atoms with Crippen molar-refractivity contribution in [1.29, 1.82) is 5.26 Å². The first kappa shape index (κ1) is 22.7. The zero-order valence-electron chi connectivity index (χ0n) is 15.7. The molecule has 32 heavy (non-hydrogen) atoms. The number of furan rings is 1. The Bertz CT molecular complexity index is 1330. The van der Waals surface area contributed by atoms with Crippen LogP contribution in [0.15, 0.2) is 63.0 Å². The molecule has 0 aliphatic heterocycles. The number of anilines is 1. The van der Waals surface area contributed by atoms with Gasteiger partial charge >= 0.3 is 0 Å². The molecule has 0 aliphatic carbocycles. The van der Waals surface area contributed by atoms with Gasteiger partial charge in [0.1, 0.15) is 28.9 Å². The highest BCUT2D eigenvalue weighted by molar-refractivity contribution is 9.10. The van der Waals surface area contributed by atoms with E-state index in [-0.39, 0.29) is 27.7 Å². The third-order valence-corrected chi connectivity index (χ3v) is 5.00. The Labute approximate surface area is 193 Å². The molecule has 1 heterocycles. The second kappa shape index (κ2) is 9.42. The average Bonchev–Trinajstić information content (AvgIpc) is 3.21. The molecule has 0 saturated heterocycles. The van der Waals surface area contributed by atoms with Gasteiger partial charge in [0.05, 0.1) is 9.85 Å². The lowest BCUT2D eigenvalue weighted by Gasteiger charge is -2.05. The lowest BCUT2D eigenvalue weighted by atomic mass is 10.1. The molecule has 0 fully saturated rings. The number of amides is 1. The van der Waals surface area contributed by atoms with Gasteiger partial charge in [0.15, 0.2) is 0 Å². The van der Waals surface area contributed by atoms with E-state index in [1.54, 1.807) is 12.1 Å². The highest BCUT2D eigenvalue weighted by atomic mass is 79.9. The minimum atomic E-state index is -0.882. The van der Waals surface area contributed by atoms with Crippen molar-refractivity contribution in [2.24, 2.45) is 0 Å². The minimum Gasteiger partial charge on any atom is -0.457 e. The molecule has 160 valence electrons. The van der Waals surface area contributed by atoms with Crippen LogP contribution in [-0.4, -0.2) is 15.8 Å². The van der Waals surface area contributed by atoms with E-state index in [0.717, 1.165) is 6.07 Å². The molecule has 0 aliphatic rings. The maximum absolute atomic E-state index is 12.5. The predicted octanol–water partition coefficient (Wildman–Crippen LogP) is 5.72. The van der Waals surface area contributed by atoms with Gasteiger partial charge in [-0.1, -0.05) is 11.6 Å². The van der Waals surface area contributed by atoms with E-state index in [1.165, 1.54) is 42.5 Å². The lowest BCUT2D eigenvalue weighted by molar-refractivity contribution is -0.384. The molecule has 0 saturated carbocycles. The van der Waals surface area contributed by atoms with Crippen molar-refractivity contribution in [1.82, 2.24) is 0 Å². The molecule has 12 heteroatoms. The van der Waals surface area contributed by atoms with Crippen molar-refractivity contribution in [2.45, 2.75) is 0 Å². The summed E-state index contributed by atoms with van der Waals surface area (Å²) in [5.74, 6) is -0.390. The molecule has 3 aromatic rings. The Hall–Kier alpha value is -4.01. The maximum atomic E-state index is 12.5. The molecule has 1 N–H and O–H groups in total. The summed E-state index contributed by atoms with van der Waals surface area (Å²) in [5.41, 5.74) is -0.494. The van der Waals surface area contributed by atoms with E-state index < -0.39 is 21.4 Å². The van der Waals surface area contributed by atoms with Crippen LogP contribution in [0.2, 0.25) is 5.02 Å². The lowest BCUT2D eigenvalue weighted by Crippen LogP contribution is -2.14. The van der Waals surface area contributed by atoms with Crippen molar-refractivity contribution in [3.63, 3.8) is 0 Å². The van der Waals surface area contributed by atoms with Crippen LogP contribution < -0.4 is 5.32 Å². The second-order valence-electron chi connectivity index (χ2n) is 6.17. The van der Waals surface area contributed by atoms with Crippen molar-refractivity contribution in [2.75, 3.05) is 5.32 Å². The van der Waals surface area contributed by atoms with Crippen LogP contribution in [0.1, 0.15) is 5.76 Å². The summed E-state index contributed by atoms with van der Waals surface area (Å²) in [6.07, 6.45) is 1.17. The number of nitro benzene ring substituents is 2. The van der Waals surface area contributed by atoms with E-state index >= 15 is 0 Å². The number of halogens is 2. The number of carbonyl (C=O) groups is 1. The highest BCUT2D eigenvalue weighted by Gasteiger charge is 2.19. The van der Waals surface area contributed by atoms with E-state index in [9.17, 15) is 30.3 Å². The summed E-state index contributed by atoms with van der Waals surface area (Å²) >= 11 is 9.00. The van der Waals surface area contributed by atoms with Crippen molar-refractivity contribution < 1.29 is 19.1 Å². The van der Waals surface area contributed by atoms with Gasteiger partial charge in [-0.15, -0.1) is 0 Å². The third-order valence-electron chi connectivity index (χ3n) is 4.11. The van der Waals surface area contributed by atoms with Crippen molar-refractivity contribution in [3.8, 4) is 17.4 Å². The van der Waals surface area contributed by atoms with Crippen LogP contribution >= 0.6 is 27.5 Å². The highest BCUT2D eigenvalue weighted by Crippen LogP contribution is 2.33. The van der Waals surface area contributed by atoms with Crippen LogP contribution in [-0.2, 0) is 4.79 Å². The number of nitrogens with one attached hydrogen (secondary N) is 1. The van der Waals surface area contributed by atoms with E-state index in [4.69, 9.17) is 16.0 Å². The Morgan fingerprint density at radius 1 is 1.12 bits per heavy atom. The molecule has 0 unspecified atom stereocenters. The number of nitrogens with zero attached hydrogens (tertiary/aromatic N) is 3. The number of non-ortho nitro benzene ring substituents is 1. The molecule has 0 bridgehead atoms. The normalized spacial score (nSPS) is 11.0. The van der Waals surface area contributed by atoms with Gasteiger partial charge < -0.3 is 9.73 Å². The Balaban J connectivity index is 1.86. The fraction of sp³-hybridized carbons (Fsp3) is 0. The summed E-state index contributed by atoms with van der Waals surface area (Å²) in [4.78, 5) is 33.3. The van der Waals surface area contributed by atoms with E-state index in [2.05, 4.69) is 21.2 Å². The molecule has 0 radical (unpaired) electrons. The summed E-state index contributed by atoms with van der Waals surface area (Å²) < 4.78 is 6.05. The van der Waals surface area contributed by atoms with Gasteiger partial charge in [-0.2, -0.15) is 5.26 Å². The summed E-state index contributed by atoms with van der Waals surface area (Å²) in [6, 6.07) is 12.6. The largest absolute Gasteiger partial charge is 0.457 e. The van der Waals surface area contributed by atoms with Gasteiger partial charge in [0, 0.05) is 39.3 Å². The number of carbonyl (C=O) groups excluding carboxylic acids is 1. The molecule has 3 rings (SSSR count). The number of hydrogen-bond donors (Lipinski definition) is 1. The van der Waals surface area contributed by atoms with Crippen LogP contribution in [0.4, 0.5) is 17.1 Å². The van der Waals surface area contributed by atoms with Crippen LogP contribution in [0.5, 0.6) is 0 Å². The zero-order chi connectivity index (χ0) is 23.4.